The lowest BCUT2D eigenvalue weighted by atomic mass is 9.49. The first-order valence-electron chi connectivity index (χ1n) is 14.6. The summed E-state index contributed by atoms with van der Waals surface area (Å²) in [7, 11) is 1.62. The number of tetrazole rings is 1. The number of rotatable bonds is 6. The molecule has 206 valence electrons. The van der Waals surface area contributed by atoms with Crippen LogP contribution in [0.3, 0.4) is 0 Å². The van der Waals surface area contributed by atoms with Crippen LogP contribution < -0.4 is 10.4 Å². The minimum atomic E-state index is -0.489. The zero-order valence-corrected chi connectivity index (χ0v) is 23.0. The van der Waals surface area contributed by atoms with Crippen LogP contribution in [0.1, 0.15) is 77.2 Å². The minimum absolute atomic E-state index is 0.00228. The Morgan fingerprint density at radius 3 is 2.47 bits per heavy atom. The van der Waals surface area contributed by atoms with Crippen LogP contribution in [0.2, 0.25) is 0 Å². The summed E-state index contributed by atoms with van der Waals surface area (Å²) in [6, 6.07) is 7.50. The predicted octanol–water partition coefficient (Wildman–Crippen LogP) is 4.09. The highest BCUT2D eigenvalue weighted by Crippen LogP contribution is 2.64. The second-order valence-electron chi connectivity index (χ2n) is 13.2. The molecule has 6 rings (SSSR count). The Morgan fingerprint density at radius 2 is 1.71 bits per heavy atom. The van der Waals surface area contributed by atoms with Gasteiger partial charge in [0.25, 0.3) is 0 Å². The number of fused-ring (bicyclic) bond motifs is 5. The van der Waals surface area contributed by atoms with Gasteiger partial charge < -0.3 is 9.84 Å². The lowest BCUT2D eigenvalue weighted by Gasteiger charge is -2.56. The number of aliphatic hydroxyl groups is 1. The maximum absolute atomic E-state index is 13.6. The lowest BCUT2D eigenvalue weighted by molar-refractivity contribution is -0.133. The van der Waals surface area contributed by atoms with Crippen LogP contribution in [0.25, 0.3) is 0 Å². The second kappa shape index (κ2) is 9.61. The van der Waals surface area contributed by atoms with Crippen LogP contribution in [0, 0.1) is 40.9 Å². The monoisotopic (exact) mass is 522 g/mol. The van der Waals surface area contributed by atoms with E-state index in [0.717, 1.165) is 61.7 Å². The van der Waals surface area contributed by atoms with E-state index in [2.05, 4.69) is 17.4 Å². The number of hydrogen-bond donors (Lipinski definition) is 1. The van der Waals surface area contributed by atoms with Crippen molar-refractivity contribution >= 4 is 5.78 Å². The lowest BCUT2D eigenvalue weighted by Crippen LogP contribution is -2.51. The van der Waals surface area contributed by atoms with Gasteiger partial charge in [0.15, 0.2) is 5.78 Å². The Morgan fingerprint density at radius 1 is 0.974 bits per heavy atom. The topological polar surface area (TPSA) is 99.2 Å². The summed E-state index contributed by atoms with van der Waals surface area (Å²) < 4.78 is 7.76. The van der Waals surface area contributed by atoms with E-state index in [1.807, 2.05) is 31.2 Å². The fraction of sp³-hybridized carbons (Fsp3) is 0.733. The van der Waals surface area contributed by atoms with Gasteiger partial charge in [0.2, 0.25) is 0 Å². The quantitative estimate of drug-likeness (QED) is 0.614. The molecule has 4 aliphatic carbocycles. The SMILES string of the molecule is COc1ccc(Cn2nnn(CC(=O)[C@H]3CC[C@H]4[C@@H]5CC[C@@H]6C[C@](C)(O)CC[C@@H]6[C@H]5CC[C@]34C)c2=O)cc1. The molecule has 8 heteroatoms. The van der Waals surface area contributed by atoms with Crippen LogP contribution in [-0.2, 0) is 17.9 Å². The van der Waals surface area contributed by atoms with Gasteiger partial charge in [-0.1, -0.05) is 19.1 Å². The van der Waals surface area contributed by atoms with Gasteiger partial charge in [-0.25, -0.2) is 4.79 Å². The third-order valence-corrected chi connectivity index (χ3v) is 11.1. The van der Waals surface area contributed by atoms with Crippen molar-refractivity contribution in [3.8, 4) is 5.75 Å². The van der Waals surface area contributed by atoms with Crippen molar-refractivity contribution in [3.05, 3.63) is 40.3 Å². The van der Waals surface area contributed by atoms with Crippen molar-refractivity contribution in [2.45, 2.75) is 90.3 Å². The largest absolute Gasteiger partial charge is 0.497 e. The average molecular weight is 523 g/mol. The van der Waals surface area contributed by atoms with E-state index in [-0.39, 0.29) is 29.4 Å². The number of hydrogen-bond acceptors (Lipinski definition) is 6. The molecule has 8 atom stereocenters. The highest BCUT2D eigenvalue weighted by molar-refractivity contribution is 5.82. The maximum Gasteiger partial charge on any atom is 0.364 e. The molecule has 0 amide bonds. The van der Waals surface area contributed by atoms with Gasteiger partial charge in [0, 0.05) is 5.92 Å². The highest BCUT2D eigenvalue weighted by atomic mass is 16.5. The average Bonchev–Trinajstić information content (AvgIpc) is 3.43. The van der Waals surface area contributed by atoms with Gasteiger partial charge in [-0.15, -0.1) is 0 Å². The van der Waals surface area contributed by atoms with Gasteiger partial charge in [-0.2, -0.15) is 9.36 Å². The summed E-state index contributed by atoms with van der Waals surface area (Å²) >= 11 is 0. The van der Waals surface area contributed by atoms with Crippen molar-refractivity contribution in [1.29, 1.82) is 0 Å². The molecule has 0 saturated heterocycles. The summed E-state index contributed by atoms with van der Waals surface area (Å²) in [5.41, 5.74) is 0.0967. The van der Waals surface area contributed by atoms with E-state index < -0.39 is 5.60 Å². The number of ether oxygens (including phenoxy) is 1. The zero-order valence-electron chi connectivity index (χ0n) is 23.0. The van der Waals surface area contributed by atoms with E-state index in [1.54, 1.807) is 7.11 Å². The Hall–Kier alpha value is -2.48. The number of nitrogens with zero attached hydrogens (tertiary/aromatic N) is 4. The number of aromatic nitrogens is 4. The fourth-order valence-electron chi connectivity index (χ4n) is 9.28. The van der Waals surface area contributed by atoms with Gasteiger partial charge in [0.1, 0.15) is 12.3 Å². The fourth-order valence-corrected chi connectivity index (χ4v) is 9.28. The summed E-state index contributed by atoms with van der Waals surface area (Å²) in [6.45, 7) is 4.68. The van der Waals surface area contributed by atoms with E-state index in [9.17, 15) is 14.7 Å². The Bertz CT molecular complexity index is 1230. The van der Waals surface area contributed by atoms with Crippen LogP contribution in [0.15, 0.2) is 29.1 Å². The van der Waals surface area contributed by atoms with Crippen molar-refractivity contribution in [3.63, 3.8) is 0 Å². The standard InChI is InChI=1S/C30H42N4O4/c1-29(37)14-12-22-20(16-29)6-9-24-23(22)13-15-30(2)25(24)10-11-26(30)27(35)18-34-28(36)33(31-32-34)17-19-4-7-21(38-3)8-5-19/h4-5,7-8,20,22-26,37H,6,9-18H2,1-3H3/t20-,22+,23-,24-,25+,26-,29-,30+/m1/s1. The third kappa shape index (κ3) is 4.42. The summed E-state index contributed by atoms with van der Waals surface area (Å²) in [6.07, 6.45) is 9.81. The summed E-state index contributed by atoms with van der Waals surface area (Å²) in [5.74, 6) is 4.31. The van der Waals surface area contributed by atoms with E-state index in [4.69, 9.17) is 4.74 Å². The molecule has 1 aromatic carbocycles. The third-order valence-electron chi connectivity index (χ3n) is 11.1. The molecule has 1 aromatic heterocycles. The molecule has 8 nitrogen and oxygen atoms in total. The molecule has 0 bridgehead atoms. The number of carbonyl (C=O) groups is 1. The summed E-state index contributed by atoms with van der Waals surface area (Å²) in [5, 5.41) is 18.8. The number of methoxy groups -OCH3 is 1. The molecule has 0 spiro atoms. The van der Waals surface area contributed by atoms with Crippen LogP contribution in [0.5, 0.6) is 5.75 Å². The molecule has 0 unspecified atom stereocenters. The zero-order chi connectivity index (χ0) is 26.7. The number of carbonyl (C=O) groups excluding carboxylic acids is 1. The van der Waals surface area contributed by atoms with Crippen LogP contribution >= 0.6 is 0 Å². The van der Waals surface area contributed by atoms with Crippen LogP contribution in [-0.4, -0.2) is 43.4 Å². The first kappa shape index (κ1) is 25.8. The minimum Gasteiger partial charge on any atom is -0.497 e. The summed E-state index contributed by atoms with van der Waals surface area (Å²) in [4.78, 5) is 26.6. The Balaban J connectivity index is 1.13. The number of Topliss-reactive ketones (excluding diaryl/α,β-unsaturated/α-hetero) is 1. The molecule has 0 radical (unpaired) electrons. The highest BCUT2D eigenvalue weighted by Gasteiger charge is 2.58. The van der Waals surface area contributed by atoms with Gasteiger partial charge in [-0.05, 0) is 128 Å². The molecule has 4 aliphatic rings. The Labute approximate surface area is 224 Å². The first-order valence-corrected chi connectivity index (χ1v) is 14.6. The first-order chi connectivity index (χ1) is 18.2. The van der Waals surface area contributed by atoms with Crippen molar-refractivity contribution in [2.75, 3.05) is 7.11 Å². The molecule has 1 heterocycles. The Kier molecular flexibility index (Phi) is 6.52. The molecule has 2 aromatic rings. The van der Waals surface area contributed by atoms with Gasteiger partial charge in [0.05, 0.1) is 19.3 Å². The molecule has 4 saturated carbocycles. The normalized spacial score (nSPS) is 38.2. The smallest absolute Gasteiger partial charge is 0.364 e. The second-order valence-corrected chi connectivity index (χ2v) is 13.2. The van der Waals surface area contributed by atoms with E-state index in [0.29, 0.717) is 24.3 Å². The molecule has 38 heavy (non-hydrogen) atoms. The molecular weight excluding hydrogens is 480 g/mol. The van der Waals surface area contributed by atoms with Crippen molar-refractivity contribution in [1.82, 2.24) is 19.8 Å². The van der Waals surface area contributed by atoms with E-state index >= 15 is 0 Å². The number of benzene rings is 1. The van der Waals surface area contributed by atoms with Crippen molar-refractivity contribution in [2.24, 2.45) is 40.9 Å². The van der Waals surface area contributed by atoms with Crippen LogP contribution in [0.4, 0.5) is 0 Å². The molecule has 0 aliphatic heterocycles. The van der Waals surface area contributed by atoms with Crippen molar-refractivity contribution < 1.29 is 14.6 Å². The molecule has 1 N–H and O–H groups in total. The van der Waals surface area contributed by atoms with E-state index in [1.165, 1.54) is 28.6 Å². The maximum atomic E-state index is 13.6. The number of ketones is 1. The van der Waals surface area contributed by atoms with Gasteiger partial charge >= 0.3 is 5.69 Å². The molecular formula is C30H42N4O4. The molecule has 4 fully saturated rings. The van der Waals surface area contributed by atoms with Gasteiger partial charge in [-0.3, -0.25) is 4.79 Å². The predicted molar refractivity (Wildman–Crippen MR) is 143 cm³/mol.